The Labute approximate surface area is 92.6 Å². The largest absolute Gasteiger partial charge is 0.303 e. The van der Waals surface area contributed by atoms with E-state index in [1.165, 1.54) is 5.56 Å². The van der Waals surface area contributed by atoms with Crippen LogP contribution in [0.1, 0.15) is 18.9 Å². The summed E-state index contributed by atoms with van der Waals surface area (Å²) in [6.45, 7) is 2.20. The fraction of sp³-hybridized carbons (Fsp3) is 0.462. The smallest absolute Gasteiger partial charge is 0.0279 e. The lowest BCUT2D eigenvalue weighted by Gasteiger charge is -2.11. The highest BCUT2D eigenvalue weighted by molar-refractivity contribution is 5.60. The molecule has 0 aromatic heterocycles. The lowest BCUT2D eigenvalue weighted by molar-refractivity contribution is 0.434. The van der Waals surface area contributed by atoms with Gasteiger partial charge in [-0.05, 0) is 24.3 Å². The molecule has 0 saturated carbocycles. The summed E-state index contributed by atoms with van der Waals surface area (Å²) < 4.78 is 0. The van der Waals surface area contributed by atoms with Gasteiger partial charge >= 0.3 is 0 Å². The van der Waals surface area contributed by atoms with Crippen molar-refractivity contribution in [2.24, 2.45) is 11.0 Å². The van der Waals surface area contributed by atoms with Crippen LogP contribution in [-0.4, -0.2) is 25.3 Å². The molecule has 0 N–H and O–H groups in total. The molecule has 0 fully saturated rings. The second-order valence-corrected chi connectivity index (χ2v) is 3.97. The molecule has 2 heteroatoms. The minimum absolute atomic E-state index is 0.537. The summed E-state index contributed by atoms with van der Waals surface area (Å²) in [6.07, 6.45) is 4.26. The van der Waals surface area contributed by atoms with Gasteiger partial charge in [0.15, 0.2) is 0 Å². The molecule has 15 heavy (non-hydrogen) atoms. The molecule has 0 aliphatic heterocycles. The van der Waals surface area contributed by atoms with Crippen LogP contribution in [0.4, 0.5) is 0 Å². The van der Waals surface area contributed by atoms with Gasteiger partial charge in [-0.25, -0.2) is 0 Å². The van der Waals surface area contributed by atoms with Gasteiger partial charge < -0.3 is 5.01 Å². The molecular weight excluding hydrogens is 184 g/mol. The molecule has 0 saturated heterocycles. The first-order valence-electron chi connectivity index (χ1n) is 5.47. The van der Waals surface area contributed by atoms with Crippen LogP contribution in [0.25, 0.3) is 0 Å². The minimum atomic E-state index is 0.537. The third-order valence-corrected chi connectivity index (χ3v) is 2.37. The first-order chi connectivity index (χ1) is 7.22. The Hall–Kier alpha value is -1.31. The topological polar surface area (TPSA) is 15.6 Å². The molecule has 0 aliphatic carbocycles. The van der Waals surface area contributed by atoms with Crippen LogP contribution < -0.4 is 0 Å². The van der Waals surface area contributed by atoms with Crippen LogP contribution in [-0.2, 0) is 6.42 Å². The van der Waals surface area contributed by atoms with Gasteiger partial charge in [-0.15, -0.1) is 0 Å². The Morgan fingerprint density at radius 2 is 1.93 bits per heavy atom. The Morgan fingerprint density at radius 3 is 2.47 bits per heavy atom. The number of rotatable bonds is 5. The van der Waals surface area contributed by atoms with Gasteiger partial charge in [-0.3, -0.25) is 0 Å². The van der Waals surface area contributed by atoms with E-state index in [-0.39, 0.29) is 0 Å². The quantitative estimate of drug-likeness (QED) is 0.532. The van der Waals surface area contributed by atoms with Crippen molar-refractivity contribution in [1.29, 1.82) is 0 Å². The zero-order valence-corrected chi connectivity index (χ0v) is 9.85. The molecule has 1 unspecified atom stereocenters. The summed E-state index contributed by atoms with van der Waals surface area (Å²) in [6, 6.07) is 10.6. The summed E-state index contributed by atoms with van der Waals surface area (Å²) >= 11 is 0. The van der Waals surface area contributed by atoms with Crippen LogP contribution in [0, 0.1) is 5.92 Å². The van der Waals surface area contributed by atoms with Gasteiger partial charge in [0.2, 0.25) is 0 Å². The van der Waals surface area contributed by atoms with Gasteiger partial charge in [-0.1, -0.05) is 37.3 Å². The van der Waals surface area contributed by atoms with E-state index in [1.54, 1.807) is 0 Å². The van der Waals surface area contributed by atoms with E-state index in [9.17, 15) is 0 Å². The highest BCUT2D eigenvalue weighted by atomic mass is 15.4. The maximum Gasteiger partial charge on any atom is 0.0279 e. The molecule has 1 atom stereocenters. The van der Waals surface area contributed by atoms with Gasteiger partial charge in [0.1, 0.15) is 0 Å². The van der Waals surface area contributed by atoms with Gasteiger partial charge in [0.05, 0.1) is 0 Å². The van der Waals surface area contributed by atoms with Crippen LogP contribution in [0.3, 0.4) is 0 Å². The molecule has 0 spiro atoms. The second kappa shape index (κ2) is 6.23. The van der Waals surface area contributed by atoms with E-state index >= 15 is 0 Å². The number of benzene rings is 1. The number of hydrogen-bond acceptors (Lipinski definition) is 2. The molecule has 0 bridgehead atoms. The average molecular weight is 204 g/mol. The van der Waals surface area contributed by atoms with Gasteiger partial charge in [0.25, 0.3) is 0 Å². The van der Waals surface area contributed by atoms with E-state index < -0.39 is 0 Å². The van der Waals surface area contributed by atoms with Crippen molar-refractivity contribution in [1.82, 2.24) is 5.01 Å². The van der Waals surface area contributed by atoms with Crippen molar-refractivity contribution >= 4 is 6.21 Å². The molecule has 1 rings (SSSR count). The monoisotopic (exact) mass is 204 g/mol. The predicted octanol–water partition coefficient (Wildman–Crippen LogP) is 2.80. The molecule has 1 aromatic carbocycles. The number of hydrogen-bond donors (Lipinski definition) is 0. The van der Waals surface area contributed by atoms with Crippen molar-refractivity contribution in [3.63, 3.8) is 0 Å². The molecule has 0 radical (unpaired) electrons. The van der Waals surface area contributed by atoms with Gasteiger partial charge in [-0.2, -0.15) is 5.10 Å². The van der Waals surface area contributed by atoms with Crippen LogP contribution in [0.15, 0.2) is 35.4 Å². The van der Waals surface area contributed by atoms with Crippen LogP contribution >= 0.6 is 0 Å². The third kappa shape index (κ3) is 4.63. The molecule has 0 amide bonds. The maximum absolute atomic E-state index is 4.30. The van der Waals surface area contributed by atoms with E-state index in [2.05, 4.69) is 42.4 Å². The zero-order valence-electron chi connectivity index (χ0n) is 9.85. The lowest BCUT2D eigenvalue weighted by Crippen LogP contribution is -2.09. The number of nitrogens with zero attached hydrogens (tertiary/aromatic N) is 2. The molecule has 1 aromatic rings. The fourth-order valence-corrected chi connectivity index (χ4v) is 1.45. The van der Waals surface area contributed by atoms with Crippen molar-refractivity contribution in [2.75, 3.05) is 14.1 Å². The molecule has 0 aliphatic rings. The van der Waals surface area contributed by atoms with Crippen LogP contribution in [0.5, 0.6) is 0 Å². The molecule has 2 nitrogen and oxygen atoms in total. The predicted molar refractivity (Wildman–Crippen MR) is 66.1 cm³/mol. The van der Waals surface area contributed by atoms with Crippen LogP contribution in [0.2, 0.25) is 0 Å². The van der Waals surface area contributed by atoms with E-state index in [4.69, 9.17) is 0 Å². The van der Waals surface area contributed by atoms with Crippen molar-refractivity contribution in [2.45, 2.75) is 19.8 Å². The summed E-state index contributed by atoms with van der Waals surface area (Å²) in [7, 11) is 3.90. The van der Waals surface area contributed by atoms with Crippen molar-refractivity contribution in [3.8, 4) is 0 Å². The zero-order chi connectivity index (χ0) is 11.1. The number of hydrazone groups is 1. The summed E-state index contributed by atoms with van der Waals surface area (Å²) in [5, 5.41) is 6.14. The minimum Gasteiger partial charge on any atom is -0.303 e. The maximum atomic E-state index is 4.30. The first kappa shape index (κ1) is 11.8. The highest BCUT2D eigenvalue weighted by Crippen LogP contribution is 2.10. The molecule has 82 valence electrons. The SMILES string of the molecule is CCC(/C=N/N(C)C)Cc1ccccc1. The Balaban J connectivity index is 2.54. The summed E-state index contributed by atoms with van der Waals surface area (Å²) in [5.74, 6) is 0.537. The van der Waals surface area contributed by atoms with Crippen molar-refractivity contribution in [3.05, 3.63) is 35.9 Å². The van der Waals surface area contributed by atoms with Crippen molar-refractivity contribution < 1.29 is 0 Å². The average Bonchev–Trinajstić information content (AvgIpc) is 2.25. The lowest BCUT2D eigenvalue weighted by atomic mass is 9.98. The molecular formula is C13H20N2. The molecule has 0 heterocycles. The Bertz CT molecular complexity index is 291. The Kier molecular flexibility index (Phi) is 4.88. The first-order valence-corrected chi connectivity index (χ1v) is 5.47. The Morgan fingerprint density at radius 1 is 1.27 bits per heavy atom. The van der Waals surface area contributed by atoms with Gasteiger partial charge in [0, 0.05) is 20.3 Å². The summed E-state index contributed by atoms with van der Waals surface area (Å²) in [5.41, 5.74) is 1.38. The standard InChI is InChI=1S/C13H20N2/c1-4-12(11-14-15(2)3)10-13-8-6-5-7-9-13/h5-9,11-12H,4,10H2,1-3H3/b14-11+. The highest BCUT2D eigenvalue weighted by Gasteiger charge is 2.03. The van der Waals surface area contributed by atoms with E-state index in [0.717, 1.165) is 12.8 Å². The van der Waals surface area contributed by atoms with E-state index in [1.807, 2.05) is 25.3 Å². The summed E-state index contributed by atoms with van der Waals surface area (Å²) in [4.78, 5) is 0. The fourth-order valence-electron chi connectivity index (χ4n) is 1.45. The second-order valence-electron chi connectivity index (χ2n) is 3.97. The normalized spacial score (nSPS) is 13.0. The third-order valence-electron chi connectivity index (χ3n) is 2.37. The van der Waals surface area contributed by atoms with E-state index in [0.29, 0.717) is 5.92 Å².